The van der Waals surface area contributed by atoms with Gasteiger partial charge in [-0.1, -0.05) is 86.3 Å². The molecule has 4 heterocycles. The first-order valence-corrected chi connectivity index (χ1v) is 36.9. The number of hydrogen-bond donors (Lipinski definition) is 4. The van der Waals surface area contributed by atoms with Crippen LogP contribution in [0.5, 0.6) is 23.0 Å². The Morgan fingerprint density at radius 2 is 0.851 bits per heavy atom. The molecule has 2 amide bonds. The Bertz CT molecular complexity index is 3660. The Balaban J connectivity index is 0.000000192. The van der Waals surface area contributed by atoms with Crippen molar-refractivity contribution >= 4 is 76.6 Å². The number of nitrogens with one attached hydrogen (secondary N) is 2. The van der Waals surface area contributed by atoms with E-state index in [2.05, 4.69) is 9.44 Å². The van der Waals surface area contributed by atoms with Gasteiger partial charge in [-0.25, -0.2) is 16.8 Å². The molecule has 16 nitrogen and oxygen atoms in total. The van der Waals surface area contributed by atoms with E-state index in [1.807, 2.05) is 26.0 Å². The molecule has 508 valence electrons. The zero-order valence-corrected chi connectivity index (χ0v) is 56.1. The summed E-state index contributed by atoms with van der Waals surface area (Å²) in [5.41, 5.74) is 11.2. The van der Waals surface area contributed by atoms with Crippen LogP contribution in [0.2, 0.25) is 10.0 Å². The summed E-state index contributed by atoms with van der Waals surface area (Å²) in [6.07, 6.45) is 16.3. The molecule has 4 unspecified atom stereocenters. The molecule has 6 atom stereocenters. The van der Waals surface area contributed by atoms with E-state index >= 15 is 17.6 Å². The maximum Gasteiger partial charge on any atom is 0.298 e. The highest BCUT2D eigenvalue weighted by atomic mass is 35.5. The first kappa shape index (κ1) is 69.4. The SMILES string of the molecule is CCCCOc1cc(C(F)(F)[C@@H](NS(=O)(=O)c2ccc3cc(OC4CCCC4)ccc3c2)C(=O)N2C3CCC2CC(N)C3)ccc1Cl.CCCCOc1cc(C(F)(F)[C@H](NS(=O)(=O)c2ccc3cc(OC4CCCC4)ccc3c2)C(=O)N2C3CCC2CC(N)C3)ccc1Cl. The minimum absolute atomic E-state index is 0.0428. The average Bonchev–Trinajstić information content (AvgIpc) is 1.29. The van der Waals surface area contributed by atoms with Crippen molar-refractivity contribution in [1.29, 1.82) is 0 Å². The van der Waals surface area contributed by atoms with Crippen LogP contribution in [-0.2, 0) is 41.5 Å². The van der Waals surface area contributed by atoms with Gasteiger partial charge in [0, 0.05) is 47.4 Å². The van der Waals surface area contributed by atoms with E-state index in [4.69, 9.17) is 53.6 Å². The lowest BCUT2D eigenvalue weighted by Gasteiger charge is -2.41. The van der Waals surface area contributed by atoms with Crippen molar-refractivity contribution in [2.45, 2.75) is 224 Å². The van der Waals surface area contributed by atoms with E-state index in [9.17, 15) is 26.4 Å². The van der Waals surface area contributed by atoms with E-state index in [-0.39, 0.29) is 93.0 Å². The van der Waals surface area contributed by atoms with E-state index in [1.165, 1.54) is 46.2 Å². The number of nitrogens with zero attached hydrogens (tertiary/aromatic N) is 2. The van der Waals surface area contributed by atoms with Gasteiger partial charge in [0.05, 0.1) is 45.3 Å². The lowest BCUT2D eigenvalue weighted by molar-refractivity contribution is -0.150. The van der Waals surface area contributed by atoms with Gasteiger partial charge in [-0.05, 0) is 210 Å². The maximum atomic E-state index is 16.7. The summed E-state index contributed by atoms with van der Waals surface area (Å²) in [6.45, 7) is 4.48. The molecule has 6 aromatic rings. The highest BCUT2D eigenvalue weighted by Crippen LogP contribution is 2.45. The smallest absolute Gasteiger partial charge is 0.298 e. The van der Waals surface area contributed by atoms with E-state index in [1.54, 1.807) is 36.4 Å². The normalized spacial score (nSPS) is 22.5. The second kappa shape index (κ2) is 29.4. The first-order valence-electron chi connectivity index (χ1n) is 33.1. The Labute approximate surface area is 558 Å². The van der Waals surface area contributed by atoms with Crippen LogP contribution >= 0.6 is 23.2 Å². The summed E-state index contributed by atoms with van der Waals surface area (Å²) in [4.78, 5) is 30.7. The maximum absolute atomic E-state index is 16.7. The quantitative estimate of drug-likeness (QED) is 0.0328. The predicted octanol–water partition coefficient (Wildman–Crippen LogP) is 13.8. The van der Waals surface area contributed by atoms with Crippen LogP contribution in [0.3, 0.4) is 0 Å². The highest BCUT2D eigenvalue weighted by molar-refractivity contribution is 7.89. The standard InChI is InChI=1S/2C35H42ClF2N3O5S/c2*1-2-3-16-45-32-19-24(10-15-31(32)36)35(37,38)33(34(42)41-26-11-12-27(41)21-25(39)20-26)40-47(43,44)30-14-9-22-17-29(13-8-23(22)18-30)46-28-6-4-5-7-28/h2*8-10,13-15,17-19,25-28,33,40H,2-7,11-12,16,20-21,39H2,1H3/t2*25?,26?,27?,33-/m10/s1. The van der Waals surface area contributed by atoms with Gasteiger partial charge < -0.3 is 40.2 Å². The first-order chi connectivity index (χ1) is 44.9. The molecular weight excluding hydrogens is 1300 g/mol. The van der Waals surface area contributed by atoms with Crippen molar-refractivity contribution in [2.24, 2.45) is 11.5 Å². The largest absolute Gasteiger partial charge is 0.492 e. The molecule has 0 radical (unpaired) electrons. The molecule has 94 heavy (non-hydrogen) atoms. The Hall–Kier alpha value is -5.98. The molecule has 24 heteroatoms. The van der Waals surface area contributed by atoms with Gasteiger partial charge in [0.25, 0.3) is 11.8 Å². The number of ether oxygens (including phenoxy) is 4. The van der Waals surface area contributed by atoms with Crippen molar-refractivity contribution < 1.29 is 62.9 Å². The number of carbonyl (C=O) groups is 2. The number of benzene rings is 6. The van der Waals surface area contributed by atoms with Gasteiger partial charge in [0.1, 0.15) is 23.0 Å². The number of nitrogens with two attached hydrogens (primary N) is 2. The molecule has 4 saturated heterocycles. The van der Waals surface area contributed by atoms with Gasteiger partial charge in [0.15, 0.2) is 12.1 Å². The zero-order chi connectivity index (χ0) is 66.7. The second-order valence-electron chi connectivity index (χ2n) is 26.2. The van der Waals surface area contributed by atoms with Crippen molar-refractivity contribution in [3.05, 3.63) is 130 Å². The van der Waals surface area contributed by atoms with Crippen LogP contribution < -0.4 is 39.9 Å². The molecular formula is C70H84Cl2F4N6O10S2. The molecule has 2 aliphatic carbocycles. The van der Waals surface area contributed by atoms with E-state index in [0.29, 0.717) is 86.5 Å². The van der Waals surface area contributed by atoms with Gasteiger partial charge in [-0.2, -0.15) is 27.0 Å². The fourth-order valence-corrected chi connectivity index (χ4v) is 17.2. The number of unbranched alkanes of at least 4 members (excludes halogenated alkanes) is 2. The number of rotatable bonds is 24. The molecule has 0 aromatic heterocycles. The Morgan fingerprint density at radius 1 is 0.511 bits per heavy atom. The number of sulfonamides is 2. The molecule has 0 spiro atoms. The third-order valence-electron chi connectivity index (χ3n) is 19.4. The van der Waals surface area contributed by atoms with Crippen LogP contribution in [0.4, 0.5) is 17.6 Å². The molecule has 6 fully saturated rings. The predicted molar refractivity (Wildman–Crippen MR) is 355 cm³/mol. The topological polar surface area (TPSA) is 222 Å². The number of carbonyl (C=O) groups excluding carboxylic acids is 2. The van der Waals surface area contributed by atoms with Gasteiger partial charge in [-0.3, -0.25) is 9.59 Å². The monoisotopic (exact) mass is 1380 g/mol. The highest BCUT2D eigenvalue weighted by Gasteiger charge is 2.56. The van der Waals surface area contributed by atoms with Gasteiger partial charge in [0.2, 0.25) is 31.9 Å². The molecule has 6 N–H and O–H groups in total. The summed E-state index contributed by atoms with van der Waals surface area (Å²) >= 11 is 12.5. The minimum Gasteiger partial charge on any atom is -0.492 e. The Morgan fingerprint density at radius 3 is 1.20 bits per heavy atom. The fraction of sp³-hybridized carbons (Fsp3) is 0.514. The summed E-state index contributed by atoms with van der Waals surface area (Å²) in [5, 5.41) is 2.96. The minimum atomic E-state index is -4.61. The van der Waals surface area contributed by atoms with Gasteiger partial charge >= 0.3 is 0 Å². The second-order valence-corrected chi connectivity index (χ2v) is 30.4. The van der Waals surface area contributed by atoms with E-state index < -0.39 is 66.9 Å². The van der Waals surface area contributed by atoms with Crippen molar-refractivity contribution in [3.8, 4) is 23.0 Å². The zero-order valence-electron chi connectivity index (χ0n) is 52.9. The van der Waals surface area contributed by atoms with Gasteiger partial charge in [-0.15, -0.1) is 0 Å². The van der Waals surface area contributed by atoms with Crippen LogP contribution in [0.1, 0.15) is 153 Å². The third kappa shape index (κ3) is 15.5. The van der Waals surface area contributed by atoms with Crippen LogP contribution in [0.15, 0.2) is 119 Å². The number of hydrogen-bond acceptors (Lipinski definition) is 12. The summed E-state index contributed by atoms with van der Waals surface area (Å²) in [7, 11) is -9.21. The summed E-state index contributed by atoms with van der Waals surface area (Å²) < 4.78 is 150. The molecule has 12 rings (SSSR count). The summed E-state index contributed by atoms with van der Waals surface area (Å²) in [5.74, 6) is -8.39. The number of halogens is 6. The van der Waals surface area contributed by atoms with E-state index in [0.717, 1.165) is 99.2 Å². The lowest BCUT2D eigenvalue weighted by atomic mass is 9.94. The number of amides is 2. The number of piperidine rings is 2. The lowest BCUT2D eigenvalue weighted by Crippen LogP contribution is -2.60. The molecule has 4 bridgehead atoms. The van der Waals surface area contributed by atoms with Crippen molar-refractivity contribution in [2.75, 3.05) is 13.2 Å². The van der Waals surface area contributed by atoms with Crippen LogP contribution in [0, 0.1) is 0 Å². The van der Waals surface area contributed by atoms with Crippen molar-refractivity contribution in [1.82, 2.24) is 19.2 Å². The third-order valence-corrected chi connectivity index (χ3v) is 22.8. The number of alkyl halides is 4. The molecule has 4 aliphatic heterocycles. The summed E-state index contributed by atoms with van der Waals surface area (Å²) in [6, 6.07) is 20.0. The molecule has 6 aromatic carbocycles. The van der Waals surface area contributed by atoms with Crippen LogP contribution in [0.25, 0.3) is 21.5 Å². The molecule has 2 saturated carbocycles. The van der Waals surface area contributed by atoms with Crippen molar-refractivity contribution in [3.63, 3.8) is 0 Å². The number of fused-ring (bicyclic) bond motifs is 6. The van der Waals surface area contributed by atoms with Crippen LogP contribution in [-0.4, -0.2) is 112 Å². The average molecular weight is 1380 g/mol. The Kier molecular flexibility index (Phi) is 21.7. The fourth-order valence-electron chi connectivity index (χ4n) is 14.4. The molecule has 6 aliphatic rings.